The standard InChI is InChI=1S/C18H16N2/c1-2-18-19-16(14-9-5-3-6-10-14)13-17(20-18)15-11-7-4-8-12-15/h3-13H,2H2,1H3. The van der Waals surface area contributed by atoms with Gasteiger partial charge in [0.2, 0.25) is 0 Å². The Morgan fingerprint density at radius 1 is 0.700 bits per heavy atom. The lowest BCUT2D eigenvalue weighted by Gasteiger charge is -2.07. The van der Waals surface area contributed by atoms with E-state index in [0.29, 0.717) is 0 Å². The van der Waals surface area contributed by atoms with Crippen LogP contribution in [0.2, 0.25) is 0 Å². The van der Waals surface area contributed by atoms with Crippen LogP contribution in [0.5, 0.6) is 0 Å². The number of aryl methyl sites for hydroxylation is 1. The van der Waals surface area contributed by atoms with Crippen LogP contribution in [0, 0.1) is 0 Å². The first-order valence-corrected chi connectivity index (χ1v) is 6.85. The van der Waals surface area contributed by atoms with Crippen molar-refractivity contribution in [2.75, 3.05) is 0 Å². The third-order valence-corrected chi connectivity index (χ3v) is 3.23. The fourth-order valence-corrected chi connectivity index (χ4v) is 2.17. The van der Waals surface area contributed by atoms with E-state index in [2.05, 4.69) is 47.2 Å². The molecule has 0 radical (unpaired) electrons. The summed E-state index contributed by atoms with van der Waals surface area (Å²) in [6.07, 6.45) is 0.834. The van der Waals surface area contributed by atoms with Crippen molar-refractivity contribution in [1.82, 2.24) is 9.97 Å². The van der Waals surface area contributed by atoms with Gasteiger partial charge in [-0.3, -0.25) is 0 Å². The monoisotopic (exact) mass is 260 g/mol. The van der Waals surface area contributed by atoms with Gasteiger partial charge in [0.15, 0.2) is 0 Å². The van der Waals surface area contributed by atoms with Crippen LogP contribution < -0.4 is 0 Å². The molecule has 0 saturated carbocycles. The lowest BCUT2D eigenvalue weighted by Crippen LogP contribution is -1.97. The first-order valence-electron chi connectivity index (χ1n) is 6.85. The van der Waals surface area contributed by atoms with Crippen LogP contribution >= 0.6 is 0 Å². The molecule has 98 valence electrons. The molecule has 0 spiro atoms. The minimum atomic E-state index is 0.834. The topological polar surface area (TPSA) is 25.8 Å². The molecule has 20 heavy (non-hydrogen) atoms. The molecule has 1 heterocycles. The van der Waals surface area contributed by atoms with Crippen LogP contribution in [0.15, 0.2) is 66.7 Å². The SMILES string of the molecule is CCc1nc(-c2ccccc2)cc(-c2ccccc2)n1. The maximum Gasteiger partial charge on any atom is 0.129 e. The summed E-state index contributed by atoms with van der Waals surface area (Å²) in [5.41, 5.74) is 4.22. The Bertz CT molecular complexity index is 633. The Balaban J connectivity index is 2.13. The molecule has 0 atom stereocenters. The third-order valence-electron chi connectivity index (χ3n) is 3.23. The molecule has 0 fully saturated rings. The molecule has 1 aromatic heterocycles. The van der Waals surface area contributed by atoms with E-state index in [0.717, 1.165) is 34.8 Å². The number of aromatic nitrogens is 2. The second-order valence-electron chi connectivity index (χ2n) is 4.64. The zero-order chi connectivity index (χ0) is 13.8. The van der Waals surface area contributed by atoms with Crippen molar-refractivity contribution in [3.05, 3.63) is 72.6 Å². The van der Waals surface area contributed by atoms with Crippen LogP contribution in [-0.2, 0) is 6.42 Å². The summed E-state index contributed by atoms with van der Waals surface area (Å²) in [5, 5.41) is 0. The van der Waals surface area contributed by atoms with Gasteiger partial charge >= 0.3 is 0 Å². The van der Waals surface area contributed by atoms with Gasteiger partial charge in [0, 0.05) is 17.5 Å². The Kier molecular flexibility index (Phi) is 3.55. The van der Waals surface area contributed by atoms with Gasteiger partial charge in [0.05, 0.1) is 11.4 Å². The lowest BCUT2D eigenvalue weighted by molar-refractivity contribution is 0.947. The molecule has 0 N–H and O–H groups in total. The highest BCUT2D eigenvalue weighted by Crippen LogP contribution is 2.23. The van der Waals surface area contributed by atoms with E-state index in [1.165, 1.54) is 0 Å². The van der Waals surface area contributed by atoms with E-state index < -0.39 is 0 Å². The molecule has 0 aliphatic carbocycles. The largest absolute Gasteiger partial charge is 0.233 e. The number of benzene rings is 2. The number of hydrogen-bond acceptors (Lipinski definition) is 2. The van der Waals surface area contributed by atoms with Gasteiger partial charge in [-0.05, 0) is 6.07 Å². The van der Waals surface area contributed by atoms with Gasteiger partial charge in [0.25, 0.3) is 0 Å². The molecule has 0 amide bonds. The fraction of sp³-hybridized carbons (Fsp3) is 0.111. The third kappa shape index (κ3) is 2.59. The molecule has 2 aromatic carbocycles. The zero-order valence-corrected chi connectivity index (χ0v) is 11.5. The van der Waals surface area contributed by atoms with Crippen molar-refractivity contribution in [3.8, 4) is 22.5 Å². The highest BCUT2D eigenvalue weighted by atomic mass is 14.9. The Morgan fingerprint density at radius 2 is 1.15 bits per heavy atom. The van der Waals surface area contributed by atoms with Crippen LogP contribution in [0.4, 0.5) is 0 Å². The molecular formula is C18H16N2. The van der Waals surface area contributed by atoms with E-state index in [9.17, 15) is 0 Å². The minimum Gasteiger partial charge on any atom is -0.233 e. The highest BCUT2D eigenvalue weighted by Gasteiger charge is 2.07. The summed E-state index contributed by atoms with van der Waals surface area (Å²) < 4.78 is 0. The van der Waals surface area contributed by atoms with Crippen LogP contribution in [0.25, 0.3) is 22.5 Å². The smallest absolute Gasteiger partial charge is 0.129 e. The second kappa shape index (κ2) is 5.66. The quantitative estimate of drug-likeness (QED) is 0.698. The van der Waals surface area contributed by atoms with Crippen molar-refractivity contribution < 1.29 is 0 Å². The van der Waals surface area contributed by atoms with Crippen molar-refractivity contribution in [2.45, 2.75) is 13.3 Å². The first-order chi connectivity index (χ1) is 9.86. The minimum absolute atomic E-state index is 0.834. The van der Waals surface area contributed by atoms with Gasteiger partial charge in [0.1, 0.15) is 5.82 Å². The normalized spacial score (nSPS) is 10.4. The van der Waals surface area contributed by atoms with Crippen molar-refractivity contribution in [3.63, 3.8) is 0 Å². The number of nitrogens with zero attached hydrogens (tertiary/aromatic N) is 2. The maximum absolute atomic E-state index is 4.64. The van der Waals surface area contributed by atoms with Gasteiger partial charge < -0.3 is 0 Å². The molecule has 0 saturated heterocycles. The summed E-state index contributed by atoms with van der Waals surface area (Å²) in [4.78, 5) is 9.27. The summed E-state index contributed by atoms with van der Waals surface area (Å²) in [6, 6.07) is 22.5. The maximum atomic E-state index is 4.64. The number of hydrogen-bond donors (Lipinski definition) is 0. The van der Waals surface area contributed by atoms with Gasteiger partial charge in [-0.2, -0.15) is 0 Å². The van der Waals surface area contributed by atoms with Crippen LogP contribution in [0.3, 0.4) is 0 Å². The highest BCUT2D eigenvalue weighted by molar-refractivity contribution is 5.67. The lowest BCUT2D eigenvalue weighted by atomic mass is 10.1. The summed E-state index contributed by atoms with van der Waals surface area (Å²) in [5.74, 6) is 0.880. The summed E-state index contributed by atoms with van der Waals surface area (Å²) in [6.45, 7) is 2.08. The molecule has 0 unspecified atom stereocenters. The van der Waals surface area contributed by atoms with Gasteiger partial charge in [-0.25, -0.2) is 9.97 Å². The van der Waals surface area contributed by atoms with E-state index >= 15 is 0 Å². The van der Waals surface area contributed by atoms with E-state index in [-0.39, 0.29) is 0 Å². The van der Waals surface area contributed by atoms with E-state index in [1.807, 2.05) is 36.4 Å². The molecule has 2 nitrogen and oxygen atoms in total. The van der Waals surface area contributed by atoms with Crippen LogP contribution in [-0.4, -0.2) is 9.97 Å². The molecule has 3 rings (SSSR count). The fourth-order valence-electron chi connectivity index (χ4n) is 2.17. The zero-order valence-electron chi connectivity index (χ0n) is 11.5. The molecule has 0 aliphatic heterocycles. The second-order valence-corrected chi connectivity index (χ2v) is 4.64. The van der Waals surface area contributed by atoms with Crippen molar-refractivity contribution in [1.29, 1.82) is 0 Å². The van der Waals surface area contributed by atoms with Gasteiger partial charge in [-0.15, -0.1) is 0 Å². The van der Waals surface area contributed by atoms with Gasteiger partial charge in [-0.1, -0.05) is 67.6 Å². The molecule has 0 bridgehead atoms. The predicted octanol–water partition coefficient (Wildman–Crippen LogP) is 4.37. The summed E-state index contributed by atoms with van der Waals surface area (Å²) >= 11 is 0. The molecular weight excluding hydrogens is 244 g/mol. The Labute approximate surface area is 119 Å². The van der Waals surface area contributed by atoms with Crippen LogP contribution in [0.1, 0.15) is 12.7 Å². The Morgan fingerprint density at radius 3 is 1.55 bits per heavy atom. The summed E-state index contributed by atoms with van der Waals surface area (Å²) in [7, 11) is 0. The number of rotatable bonds is 3. The average molecular weight is 260 g/mol. The molecule has 0 aliphatic rings. The molecule has 3 aromatic rings. The first kappa shape index (κ1) is 12.5. The predicted molar refractivity (Wildman–Crippen MR) is 82.3 cm³/mol. The Hall–Kier alpha value is -2.48. The van der Waals surface area contributed by atoms with Crippen molar-refractivity contribution >= 4 is 0 Å². The molecule has 2 heteroatoms. The average Bonchev–Trinajstić information content (AvgIpc) is 2.56. The van der Waals surface area contributed by atoms with Crippen molar-refractivity contribution in [2.24, 2.45) is 0 Å². The van der Waals surface area contributed by atoms with E-state index in [1.54, 1.807) is 0 Å². The van der Waals surface area contributed by atoms with E-state index in [4.69, 9.17) is 0 Å².